The van der Waals surface area contributed by atoms with Gasteiger partial charge in [0, 0.05) is 12.4 Å². The topological polar surface area (TPSA) is 102 Å². The van der Waals surface area contributed by atoms with Gasteiger partial charge in [0.15, 0.2) is 5.65 Å². The number of carboxylic acids is 1. The molecule has 3 aromatic heterocycles. The first-order valence-corrected chi connectivity index (χ1v) is 5.73. The summed E-state index contributed by atoms with van der Waals surface area (Å²) in [5.41, 5.74) is 0.473. The molecule has 0 saturated heterocycles. The summed E-state index contributed by atoms with van der Waals surface area (Å²) in [5.74, 6) is -1.11. The summed E-state index contributed by atoms with van der Waals surface area (Å²) in [6, 6.07) is 4.61. The Morgan fingerprint density at radius 1 is 1.35 bits per heavy atom. The second-order valence-corrected chi connectivity index (χ2v) is 4.06. The van der Waals surface area contributed by atoms with Crippen molar-refractivity contribution in [2.45, 2.75) is 6.54 Å². The highest BCUT2D eigenvalue weighted by molar-refractivity contribution is 5.85. The minimum atomic E-state index is -1.11. The van der Waals surface area contributed by atoms with Crippen molar-refractivity contribution >= 4 is 11.6 Å². The number of aromatic nitrogens is 5. The van der Waals surface area contributed by atoms with Gasteiger partial charge in [-0.3, -0.25) is 4.98 Å². The van der Waals surface area contributed by atoms with Crippen molar-refractivity contribution in [3.8, 4) is 0 Å². The van der Waals surface area contributed by atoms with Crippen LogP contribution in [0.1, 0.15) is 16.2 Å². The Kier molecular flexibility index (Phi) is 2.75. The Morgan fingerprint density at radius 2 is 2.20 bits per heavy atom. The van der Waals surface area contributed by atoms with Gasteiger partial charge in [0.25, 0.3) is 0 Å². The van der Waals surface area contributed by atoms with Crippen molar-refractivity contribution in [3.05, 3.63) is 58.7 Å². The minimum absolute atomic E-state index is 0.0685. The van der Waals surface area contributed by atoms with Gasteiger partial charge in [-0.1, -0.05) is 6.07 Å². The van der Waals surface area contributed by atoms with Gasteiger partial charge >= 0.3 is 11.7 Å². The molecular formula is C12H9N5O3. The third-order valence-corrected chi connectivity index (χ3v) is 2.73. The van der Waals surface area contributed by atoms with Crippen molar-refractivity contribution in [1.82, 2.24) is 24.1 Å². The maximum atomic E-state index is 12.0. The minimum Gasteiger partial charge on any atom is -0.477 e. The lowest BCUT2D eigenvalue weighted by molar-refractivity contribution is 0.0690. The molecule has 0 bridgehead atoms. The number of nitrogens with zero attached hydrogens (tertiary/aromatic N) is 5. The fourth-order valence-corrected chi connectivity index (χ4v) is 1.82. The quantitative estimate of drug-likeness (QED) is 0.721. The third kappa shape index (κ3) is 2.03. The summed E-state index contributed by atoms with van der Waals surface area (Å²) in [6.45, 7) is 0.0988. The van der Waals surface area contributed by atoms with Crippen LogP contribution in [0.15, 0.2) is 41.6 Å². The Morgan fingerprint density at radius 3 is 2.95 bits per heavy atom. The molecule has 1 N–H and O–H groups in total. The van der Waals surface area contributed by atoms with Crippen molar-refractivity contribution < 1.29 is 9.90 Å². The summed E-state index contributed by atoms with van der Waals surface area (Å²) in [7, 11) is 0. The van der Waals surface area contributed by atoms with Crippen molar-refractivity contribution in [2.24, 2.45) is 0 Å². The lowest BCUT2D eigenvalue weighted by Crippen LogP contribution is -2.22. The standard InChI is InChI=1S/C12H9N5O3/c18-11(19)9-3-1-2-8(14-9)7-17-12(20)16-5-4-13-6-10(16)15-17/h1-6H,7H2,(H,18,19). The smallest absolute Gasteiger partial charge is 0.354 e. The van der Waals surface area contributed by atoms with E-state index in [-0.39, 0.29) is 17.9 Å². The molecule has 0 amide bonds. The van der Waals surface area contributed by atoms with Crippen LogP contribution in [-0.2, 0) is 6.54 Å². The molecule has 0 aromatic carbocycles. The van der Waals surface area contributed by atoms with Crippen LogP contribution >= 0.6 is 0 Å². The van der Waals surface area contributed by atoms with Crippen LogP contribution < -0.4 is 5.69 Å². The van der Waals surface area contributed by atoms with Crippen LogP contribution in [0.25, 0.3) is 5.65 Å². The molecule has 3 rings (SSSR count). The van der Waals surface area contributed by atoms with E-state index in [0.717, 1.165) is 0 Å². The highest BCUT2D eigenvalue weighted by atomic mass is 16.4. The van der Waals surface area contributed by atoms with Gasteiger partial charge in [0.05, 0.1) is 18.4 Å². The Hall–Kier alpha value is -3.03. The van der Waals surface area contributed by atoms with E-state index in [1.165, 1.54) is 33.7 Å². The molecular weight excluding hydrogens is 262 g/mol. The molecule has 8 heteroatoms. The molecule has 20 heavy (non-hydrogen) atoms. The number of carboxylic acid groups (broad SMARTS) is 1. The molecule has 0 spiro atoms. The van der Waals surface area contributed by atoms with Crippen LogP contribution in [0.2, 0.25) is 0 Å². The molecule has 100 valence electrons. The number of hydrogen-bond donors (Lipinski definition) is 1. The zero-order valence-corrected chi connectivity index (χ0v) is 10.2. The molecule has 3 heterocycles. The molecule has 8 nitrogen and oxygen atoms in total. The number of aromatic carboxylic acids is 1. The Balaban J connectivity index is 2.01. The predicted octanol–water partition coefficient (Wildman–Crippen LogP) is 0.0325. The summed E-state index contributed by atoms with van der Waals surface area (Å²) in [6.07, 6.45) is 4.48. The van der Waals surface area contributed by atoms with Crippen LogP contribution in [0.5, 0.6) is 0 Å². The number of rotatable bonds is 3. The van der Waals surface area contributed by atoms with E-state index in [2.05, 4.69) is 15.1 Å². The molecule has 0 atom stereocenters. The fraction of sp³-hybridized carbons (Fsp3) is 0.0833. The lowest BCUT2D eigenvalue weighted by Gasteiger charge is -2.00. The van der Waals surface area contributed by atoms with E-state index in [9.17, 15) is 9.59 Å². The van der Waals surface area contributed by atoms with Crippen molar-refractivity contribution in [2.75, 3.05) is 0 Å². The van der Waals surface area contributed by atoms with Crippen LogP contribution in [0.4, 0.5) is 0 Å². The van der Waals surface area contributed by atoms with E-state index in [1.807, 2.05) is 0 Å². The highest BCUT2D eigenvalue weighted by Gasteiger charge is 2.09. The summed E-state index contributed by atoms with van der Waals surface area (Å²) < 4.78 is 2.57. The van der Waals surface area contributed by atoms with Gasteiger partial charge in [0.2, 0.25) is 0 Å². The molecule has 0 aliphatic rings. The summed E-state index contributed by atoms with van der Waals surface area (Å²) in [5, 5.41) is 13.0. The Bertz CT molecular complexity index is 851. The average molecular weight is 271 g/mol. The number of pyridine rings is 1. The molecule has 0 radical (unpaired) electrons. The van der Waals surface area contributed by atoms with Gasteiger partial charge in [-0.25, -0.2) is 23.7 Å². The number of carbonyl (C=O) groups is 1. The van der Waals surface area contributed by atoms with E-state index in [0.29, 0.717) is 11.3 Å². The first-order valence-electron chi connectivity index (χ1n) is 5.73. The maximum absolute atomic E-state index is 12.0. The number of hydrogen-bond acceptors (Lipinski definition) is 5. The molecule has 0 fully saturated rings. The van der Waals surface area contributed by atoms with E-state index in [1.54, 1.807) is 12.1 Å². The largest absolute Gasteiger partial charge is 0.477 e. The van der Waals surface area contributed by atoms with E-state index >= 15 is 0 Å². The Labute approximate surface area is 112 Å². The predicted molar refractivity (Wildman–Crippen MR) is 67.5 cm³/mol. The monoisotopic (exact) mass is 271 g/mol. The summed E-state index contributed by atoms with van der Waals surface area (Å²) in [4.78, 5) is 30.7. The van der Waals surface area contributed by atoms with Gasteiger partial charge in [-0.15, -0.1) is 5.10 Å². The lowest BCUT2D eigenvalue weighted by atomic mass is 10.3. The molecule has 0 saturated carbocycles. The third-order valence-electron chi connectivity index (χ3n) is 2.73. The first-order chi connectivity index (χ1) is 9.65. The highest BCUT2D eigenvalue weighted by Crippen LogP contribution is 2.01. The van der Waals surface area contributed by atoms with Crippen molar-refractivity contribution in [3.63, 3.8) is 0 Å². The fourth-order valence-electron chi connectivity index (χ4n) is 1.82. The zero-order valence-electron chi connectivity index (χ0n) is 10.2. The van der Waals surface area contributed by atoms with Gasteiger partial charge < -0.3 is 5.11 Å². The molecule has 3 aromatic rings. The van der Waals surface area contributed by atoms with Crippen LogP contribution in [0.3, 0.4) is 0 Å². The van der Waals surface area contributed by atoms with Crippen LogP contribution in [-0.4, -0.2) is 35.2 Å². The molecule has 0 aliphatic heterocycles. The molecule has 0 aliphatic carbocycles. The second kappa shape index (κ2) is 4.57. The van der Waals surface area contributed by atoms with E-state index in [4.69, 9.17) is 5.11 Å². The number of fused-ring (bicyclic) bond motifs is 1. The van der Waals surface area contributed by atoms with Gasteiger partial charge in [0.1, 0.15) is 5.69 Å². The van der Waals surface area contributed by atoms with Crippen LogP contribution in [0, 0.1) is 0 Å². The second-order valence-electron chi connectivity index (χ2n) is 4.06. The van der Waals surface area contributed by atoms with Gasteiger partial charge in [-0.05, 0) is 12.1 Å². The summed E-state index contributed by atoms with van der Waals surface area (Å²) >= 11 is 0. The van der Waals surface area contributed by atoms with Crippen molar-refractivity contribution in [1.29, 1.82) is 0 Å². The van der Waals surface area contributed by atoms with E-state index < -0.39 is 5.97 Å². The molecule has 0 unspecified atom stereocenters. The first kappa shape index (κ1) is 12.0. The SMILES string of the molecule is O=C(O)c1cccc(Cn2nc3cnccn3c2=O)n1. The average Bonchev–Trinajstić information content (AvgIpc) is 2.76. The van der Waals surface area contributed by atoms with Gasteiger partial charge in [-0.2, -0.15) is 0 Å². The zero-order chi connectivity index (χ0) is 14.1. The normalized spacial score (nSPS) is 10.8. The maximum Gasteiger partial charge on any atom is 0.354 e.